The van der Waals surface area contributed by atoms with Crippen molar-refractivity contribution < 1.29 is 4.79 Å². The third-order valence-electron chi connectivity index (χ3n) is 3.31. The third kappa shape index (κ3) is 2.55. The van der Waals surface area contributed by atoms with Crippen LogP contribution in [0.25, 0.3) is 11.0 Å². The fourth-order valence-electron chi connectivity index (χ4n) is 2.29. The summed E-state index contributed by atoms with van der Waals surface area (Å²) < 4.78 is 0. The molecule has 0 radical (unpaired) electrons. The van der Waals surface area contributed by atoms with Crippen molar-refractivity contribution in [3.05, 3.63) is 41.2 Å². The zero-order valence-electron chi connectivity index (χ0n) is 11.1. The van der Waals surface area contributed by atoms with Gasteiger partial charge < -0.3 is 9.88 Å². The molecule has 3 rings (SSSR count). The van der Waals surface area contributed by atoms with Crippen molar-refractivity contribution in [2.45, 2.75) is 12.6 Å². The van der Waals surface area contributed by atoms with Gasteiger partial charge in [0.2, 0.25) is 5.91 Å². The van der Waals surface area contributed by atoms with E-state index in [4.69, 9.17) is 11.6 Å². The highest BCUT2D eigenvalue weighted by Crippen LogP contribution is 2.17. The average Bonchev–Trinajstić information content (AvgIpc) is 3.05. The molecule has 20 heavy (non-hydrogen) atoms. The summed E-state index contributed by atoms with van der Waals surface area (Å²) >= 11 is 5.94. The molecule has 1 aliphatic heterocycles. The predicted octanol–water partition coefficient (Wildman–Crippen LogP) is 1.70. The molecule has 0 bridgehead atoms. The first-order valence-electron chi connectivity index (χ1n) is 6.42. The Balaban J connectivity index is 1.75. The Morgan fingerprint density at radius 3 is 3.15 bits per heavy atom. The predicted molar refractivity (Wildman–Crippen MR) is 78.5 cm³/mol. The minimum Gasteiger partial charge on any atom is -0.340 e. The summed E-state index contributed by atoms with van der Waals surface area (Å²) in [6.45, 7) is 1.19. The Hall–Kier alpha value is -1.85. The highest BCUT2D eigenvalue weighted by molar-refractivity contribution is 6.31. The van der Waals surface area contributed by atoms with Gasteiger partial charge in [-0.25, -0.2) is 4.98 Å². The van der Waals surface area contributed by atoms with Crippen LogP contribution >= 0.6 is 11.6 Å². The molecule has 0 saturated carbocycles. The van der Waals surface area contributed by atoms with Gasteiger partial charge in [0.1, 0.15) is 11.9 Å². The number of aromatic nitrogens is 2. The summed E-state index contributed by atoms with van der Waals surface area (Å²) in [5.41, 5.74) is 1.73. The molecule has 6 heteroatoms. The summed E-state index contributed by atoms with van der Waals surface area (Å²) in [5.74, 6) is 0.789. The quantitative estimate of drug-likeness (QED) is 0.846. The van der Waals surface area contributed by atoms with Gasteiger partial charge in [-0.05, 0) is 18.2 Å². The van der Waals surface area contributed by atoms with Crippen LogP contribution in [-0.4, -0.2) is 40.4 Å². The Morgan fingerprint density at radius 1 is 1.55 bits per heavy atom. The SMILES string of the molecule is CN(Cc1nc2ccc(Cl)cc2[nH]1)C(=O)[C@H]1C=CCN1. The largest absolute Gasteiger partial charge is 0.340 e. The number of fused-ring (bicyclic) bond motifs is 1. The number of nitrogens with one attached hydrogen (secondary N) is 2. The van der Waals surface area contributed by atoms with Crippen LogP contribution in [0.15, 0.2) is 30.4 Å². The van der Waals surface area contributed by atoms with Gasteiger partial charge in [-0.15, -0.1) is 0 Å². The number of rotatable bonds is 3. The lowest BCUT2D eigenvalue weighted by molar-refractivity contribution is -0.131. The second kappa shape index (κ2) is 5.26. The number of benzene rings is 1. The summed E-state index contributed by atoms with van der Waals surface area (Å²) in [7, 11) is 1.77. The lowest BCUT2D eigenvalue weighted by atomic mass is 10.3. The molecule has 2 N–H and O–H groups in total. The first-order chi connectivity index (χ1) is 9.63. The van der Waals surface area contributed by atoms with Crippen molar-refractivity contribution in [3.8, 4) is 0 Å². The third-order valence-corrected chi connectivity index (χ3v) is 3.54. The van der Waals surface area contributed by atoms with Gasteiger partial charge in [-0.1, -0.05) is 23.8 Å². The van der Waals surface area contributed by atoms with E-state index < -0.39 is 0 Å². The lowest BCUT2D eigenvalue weighted by Crippen LogP contribution is -2.41. The Morgan fingerprint density at radius 2 is 2.40 bits per heavy atom. The zero-order valence-corrected chi connectivity index (χ0v) is 11.8. The first kappa shape index (κ1) is 13.1. The second-order valence-electron chi connectivity index (χ2n) is 4.85. The number of H-pyrrole nitrogens is 1. The van der Waals surface area contributed by atoms with Gasteiger partial charge in [-0.2, -0.15) is 0 Å². The first-order valence-corrected chi connectivity index (χ1v) is 6.80. The van der Waals surface area contributed by atoms with Crippen LogP contribution in [0.1, 0.15) is 5.82 Å². The lowest BCUT2D eigenvalue weighted by Gasteiger charge is -2.19. The summed E-state index contributed by atoms with van der Waals surface area (Å²) in [6, 6.07) is 5.27. The molecule has 0 unspecified atom stereocenters. The number of carbonyl (C=O) groups is 1. The van der Waals surface area contributed by atoms with Gasteiger partial charge in [-0.3, -0.25) is 10.1 Å². The number of hydrogen-bond donors (Lipinski definition) is 2. The molecule has 1 aliphatic rings. The molecule has 1 aromatic carbocycles. The van der Waals surface area contributed by atoms with Crippen LogP contribution in [0.4, 0.5) is 0 Å². The number of aromatic amines is 1. The van der Waals surface area contributed by atoms with E-state index in [1.165, 1.54) is 0 Å². The molecule has 0 saturated heterocycles. The van der Waals surface area contributed by atoms with Crippen LogP contribution in [-0.2, 0) is 11.3 Å². The number of amides is 1. The number of halogens is 1. The molecule has 1 aromatic heterocycles. The summed E-state index contributed by atoms with van der Waals surface area (Å²) in [6.07, 6.45) is 3.84. The smallest absolute Gasteiger partial charge is 0.243 e. The standard InChI is InChI=1S/C14H15ClN4O/c1-19(14(20)11-3-2-6-16-11)8-13-17-10-5-4-9(15)7-12(10)18-13/h2-5,7,11,16H,6,8H2,1H3,(H,17,18)/t11-/m1/s1. The normalized spacial score (nSPS) is 17.8. The molecule has 0 spiro atoms. The highest BCUT2D eigenvalue weighted by Gasteiger charge is 2.21. The maximum absolute atomic E-state index is 12.2. The van der Waals surface area contributed by atoms with Crippen molar-refractivity contribution >= 4 is 28.5 Å². The van der Waals surface area contributed by atoms with Gasteiger partial charge in [0.15, 0.2) is 0 Å². The summed E-state index contributed by atoms with van der Waals surface area (Å²) in [4.78, 5) is 21.5. The Kier molecular flexibility index (Phi) is 3.46. The van der Waals surface area contributed by atoms with E-state index >= 15 is 0 Å². The number of nitrogens with zero attached hydrogens (tertiary/aromatic N) is 2. The van der Waals surface area contributed by atoms with Crippen LogP contribution in [0.2, 0.25) is 5.02 Å². The van der Waals surface area contributed by atoms with Gasteiger partial charge in [0.05, 0.1) is 17.6 Å². The van der Waals surface area contributed by atoms with Crippen LogP contribution in [0, 0.1) is 0 Å². The van der Waals surface area contributed by atoms with E-state index in [9.17, 15) is 4.79 Å². The van der Waals surface area contributed by atoms with E-state index in [0.29, 0.717) is 11.6 Å². The highest BCUT2D eigenvalue weighted by atomic mass is 35.5. The minimum absolute atomic E-state index is 0.0391. The second-order valence-corrected chi connectivity index (χ2v) is 5.29. The maximum atomic E-state index is 12.2. The van der Waals surface area contributed by atoms with E-state index in [2.05, 4.69) is 15.3 Å². The average molecular weight is 291 g/mol. The van der Waals surface area contributed by atoms with E-state index in [1.54, 1.807) is 18.0 Å². The van der Waals surface area contributed by atoms with E-state index in [0.717, 1.165) is 23.4 Å². The monoisotopic (exact) mass is 290 g/mol. The van der Waals surface area contributed by atoms with Crippen LogP contribution in [0.5, 0.6) is 0 Å². The maximum Gasteiger partial charge on any atom is 0.243 e. The molecular formula is C14H15ClN4O. The molecule has 0 fully saturated rings. The van der Waals surface area contributed by atoms with Crippen LogP contribution < -0.4 is 5.32 Å². The van der Waals surface area contributed by atoms with Crippen molar-refractivity contribution in [3.63, 3.8) is 0 Å². The number of likely N-dealkylation sites (N-methyl/N-ethyl adjacent to an activating group) is 1. The number of hydrogen-bond acceptors (Lipinski definition) is 3. The van der Waals surface area contributed by atoms with Gasteiger partial charge in [0, 0.05) is 18.6 Å². The Bertz CT molecular complexity index is 679. The van der Waals surface area contributed by atoms with Gasteiger partial charge in [0.25, 0.3) is 0 Å². The fourth-order valence-corrected chi connectivity index (χ4v) is 2.46. The molecule has 5 nitrogen and oxygen atoms in total. The molecular weight excluding hydrogens is 276 g/mol. The zero-order chi connectivity index (χ0) is 14.1. The molecule has 0 aliphatic carbocycles. The van der Waals surface area contributed by atoms with Crippen LogP contribution in [0.3, 0.4) is 0 Å². The molecule has 2 aromatic rings. The fraction of sp³-hybridized carbons (Fsp3) is 0.286. The van der Waals surface area contributed by atoms with Crippen molar-refractivity contribution in [1.29, 1.82) is 0 Å². The summed E-state index contributed by atoms with van der Waals surface area (Å²) in [5, 5.41) is 3.77. The molecule has 1 amide bonds. The minimum atomic E-state index is -0.223. The molecule has 104 valence electrons. The van der Waals surface area contributed by atoms with Crippen molar-refractivity contribution in [2.24, 2.45) is 0 Å². The van der Waals surface area contributed by atoms with Crippen molar-refractivity contribution in [1.82, 2.24) is 20.2 Å². The Labute approximate surface area is 121 Å². The topological polar surface area (TPSA) is 61.0 Å². The van der Waals surface area contributed by atoms with Crippen molar-refractivity contribution in [2.75, 3.05) is 13.6 Å². The molecule has 1 atom stereocenters. The number of carbonyl (C=O) groups excluding carboxylic acids is 1. The van der Waals surface area contributed by atoms with E-state index in [1.807, 2.05) is 24.3 Å². The molecule has 2 heterocycles. The van der Waals surface area contributed by atoms with Gasteiger partial charge >= 0.3 is 0 Å². The number of imidazole rings is 1. The van der Waals surface area contributed by atoms with E-state index in [-0.39, 0.29) is 11.9 Å².